The number of benzene rings is 1. The van der Waals surface area contributed by atoms with Gasteiger partial charge in [0.2, 0.25) is 0 Å². The van der Waals surface area contributed by atoms with Gasteiger partial charge in [-0.25, -0.2) is 4.79 Å². The zero-order chi connectivity index (χ0) is 19.1. The number of aromatic nitrogens is 2. The second-order valence-electron chi connectivity index (χ2n) is 5.88. The molecule has 0 saturated heterocycles. The Balaban J connectivity index is 0.00000261. The zero-order valence-corrected chi connectivity index (χ0v) is 15.6. The van der Waals surface area contributed by atoms with Crippen LogP contribution in [0.3, 0.4) is 0 Å². The predicted molar refractivity (Wildman–Crippen MR) is 96.4 cm³/mol. The van der Waals surface area contributed by atoms with Crippen molar-refractivity contribution < 1.29 is 27.5 Å². The fourth-order valence-corrected chi connectivity index (χ4v) is 2.87. The van der Waals surface area contributed by atoms with Crippen molar-refractivity contribution in [2.75, 3.05) is 18.1 Å². The number of ether oxygens (including phenoxy) is 1. The van der Waals surface area contributed by atoms with E-state index < -0.39 is 23.6 Å². The fraction of sp³-hybridized carbons (Fsp3) is 0.353. The molecule has 6 nitrogen and oxygen atoms in total. The lowest BCUT2D eigenvalue weighted by Gasteiger charge is -2.32. The molecule has 2 aromatic rings. The Hall–Kier alpha value is -2.49. The van der Waals surface area contributed by atoms with Crippen molar-refractivity contribution in [3.63, 3.8) is 0 Å². The molecule has 146 valence electrons. The van der Waals surface area contributed by atoms with Gasteiger partial charge in [-0.05, 0) is 38.1 Å². The number of carbonyl (C=O) groups excluding carboxylic acids is 2. The Kier molecular flexibility index (Phi) is 5.88. The Morgan fingerprint density at radius 3 is 2.48 bits per heavy atom. The molecule has 1 aromatic carbocycles. The molecule has 1 atom stereocenters. The van der Waals surface area contributed by atoms with Gasteiger partial charge in [0.05, 0.1) is 24.4 Å². The summed E-state index contributed by atoms with van der Waals surface area (Å²) >= 11 is 0. The molecule has 0 aliphatic carbocycles. The molecule has 3 rings (SSSR count). The van der Waals surface area contributed by atoms with Crippen molar-refractivity contribution in [2.24, 2.45) is 0 Å². The number of carbonyl (C=O) groups is 2. The van der Waals surface area contributed by atoms with Crippen LogP contribution in [0.4, 0.5) is 18.9 Å². The molecule has 0 unspecified atom stereocenters. The van der Waals surface area contributed by atoms with Crippen molar-refractivity contribution in [2.45, 2.75) is 26.1 Å². The van der Waals surface area contributed by atoms with Crippen LogP contribution in [0.5, 0.6) is 0 Å². The molecule has 0 fully saturated rings. The number of nitrogens with zero attached hydrogens (tertiary/aromatic N) is 3. The van der Waals surface area contributed by atoms with Crippen molar-refractivity contribution in [1.29, 1.82) is 0 Å². The van der Waals surface area contributed by atoms with Crippen LogP contribution >= 0.6 is 13.5 Å². The summed E-state index contributed by atoms with van der Waals surface area (Å²) in [6.07, 6.45) is -3.18. The van der Waals surface area contributed by atoms with Crippen LogP contribution in [-0.4, -0.2) is 34.8 Å². The molecule has 0 spiro atoms. The summed E-state index contributed by atoms with van der Waals surface area (Å²) in [7, 11) is 0. The number of fused-ring (bicyclic) bond motifs is 1. The molecule has 0 saturated carbocycles. The van der Waals surface area contributed by atoms with Crippen molar-refractivity contribution >= 4 is 31.1 Å². The quantitative estimate of drug-likeness (QED) is 0.740. The number of esters is 1. The summed E-state index contributed by atoms with van der Waals surface area (Å²) in [4.78, 5) is 26.3. The molecule has 1 aliphatic heterocycles. The maximum Gasteiger partial charge on any atom is 0.416 e. The van der Waals surface area contributed by atoms with Gasteiger partial charge in [0.15, 0.2) is 0 Å². The van der Waals surface area contributed by atoms with Crippen LogP contribution in [-0.2, 0) is 10.9 Å². The molecule has 1 aromatic heterocycles. The van der Waals surface area contributed by atoms with Crippen LogP contribution in [0.15, 0.2) is 30.5 Å². The monoisotopic (exact) mass is 401 g/mol. The highest BCUT2D eigenvalue weighted by Crippen LogP contribution is 2.32. The average Bonchev–Trinajstić information content (AvgIpc) is 3.04. The third kappa shape index (κ3) is 3.80. The SMILES string of the molecule is CCOC(=O)c1cnn2c1C(=O)N(c1ccc(C(F)(F)F)cc1)C[C@@H]2C.S. The molecule has 0 radical (unpaired) electrons. The van der Waals surface area contributed by atoms with E-state index in [9.17, 15) is 22.8 Å². The number of anilines is 1. The minimum Gasteiger partial charge on any atom is -0.462 e. The first-order valence-electron chi connectivity index (χ1n) is 7.97. The number of rotatable bonds is 3. The van der Waals surface area contributed by atoms with Gasteiger partial charge in [0.1, 0.15) is 11.3 Å². The minimum atomic E-state index is -4.45. The molecule has 0 bridgehead atoms. The number of halogens is 3. The average molecular weight is 401 g/mol. The van der Waals surface area contributed by atoms with Crippen LogP contribution in [0.2, 0.25) is 0 Å². The van der Waals surface area contributed by atoms with Crippen LogP contribution in [0.25, 0.3) is 0 Å². The van der Waals surface area contributed by atoms with Gasteiger partial charge in [-0.2, -0.15) is 31.8 Å². The van der Waals surface area contributed by atoms with E-state index in [-0.39, 0.29) is 43.9 Å². The highest BCUT2D eigenvalue weighted by atomic mass is 32.1. The van der Waals surface area contributed by atoms with Gasteiger partial charge >= 0.3 is 12.1 Å². The van der Waals surface area contributed by atoms with Gasteiger partial charge in [0, 0.05) is 12.2 Å². The molecule has 1 amide bonds. The normalized spacial score (nSPS) is 16.6. The third-order valence-electron chi connectivity index (χ3n) is 4.11. The van der Waals surface area contributed by atoms with Crippen LogP contribution < -0.4 is 4.90 Å². The zero-order valence-electron chi connectivity index (χ0n) is 14.6. The number of hydrogen-bond donors (Lipinski definition) is 0. The number of amides is 1. The molecule has 0 N–H and O–H groups in total. The van der Waals surface area contributed by atoms with Gasteiger partial charge in [-0.1, -0.05) is 0 Å². The second kappa shape index (κ2) is 7.63. The van der Waals surface area contributed by atoms with Crippen LogP contribution in [0, 0.1) is 0 Å². The van der Waals surface area contributed by atoms with E-state index in [1.54, 1.807) is 13.8 Å². The first-order valence-corrected chi connectivity index (χ1v) is 7.97. The summed E-state index contributed by atoms with van der Waals surface area (Å²) in [5, 5.41) is 4.09. The Labute approximate surface area is 160 Å². The van der Waals surface area contributed by atoms with Crippen molar-refractivity contribution in [1.82, 2.24) is 9.78 Å². The topological polar surface area (TPSA) is 64.4 Å². The Morgan fingerprint density at radius 2 is 1.93 bits per heavy atom. The lowest BCUT2D eigenvalue weighted by Crippen LogP contribution is -2.43. The van der Waals surface area contributed by atoms with Crippen LogP contribution in [0.1, 0.15) is 46.3 Å². The third-order valence-corrected chi connectivity index (χ3v) is 4.11. The predicted octanol–water partition coefficient (Wildman–Crippen LogP) is 3.41. The highest BCUT2D eigenvalue weighted by Gasteiger charge is 2.36. The molecule has 1 aliphatic rings. The van der Waals surface area contributed by atoms with Crippen molar-refractivity contribution in [3.05, 3.63) is 47.3 Å². The molecule has 2 heterocycles. The minimum absolute atomic E-state index is 0. The lowest BCUT2D eigenvalue weighted by atomic mass is 10.1. The van der Waals surface area contributed by atoms with Gasteiger partial charge in [0.25, 0.3) is 5.91 Å². The van der Waals surface area contributed by atoms with E-state index in [2.05, 4.69) is 5.10 Å². The molecular weight excluding hydrogens is 383 g/mol. The van der Waals surface area contributed by atoms with Crippen molar-refractivity contribution in [3.8, 4) is 0 Å². The maximum absolute atomic E-state index is 12.9. The summed E-state index contributed by atoms with van der Waals surface area (Å²) in [5.74, 6) is -1.17. The first-order chi connectivity index (χ1) is 12.2. The largest absolute Gasteiger partial charge is 0.462 e. The van der Waals surface area contributed by atoms with E-state index in [0.717, 1.165) is 12.1 Å². The summed E-state index contributed by atoms with van der Waals surface area (Å²) in [6.45, 7) is 3.82. The molecule has 27 heavy (non-hydrogen) atoms. The van der Waals surface area contributed by atoms with E-state index in [1.165, 1.54) is 27.9 Å². The summed E-state index contributed by atoms with van der Waals surface area (Å²) < 4.78 is 44.6. The van der Waals surface area contributed by atoms with E-state index in [4.69, 9.17) is 4.74 Å². The molecular formula is C17H18F3N3O3S. The summed E-state index contributed by atoms with van der Waals surface area (Å²) in [5.41, 5.74) is -0.365. The van der Waals surface area contributed by atoms with E-state index in [0.29, 0.717) is 5.69 Å². The number of hydrogen-bond acceptors (Lipinski definition) is 4. The van der Waals surface area contributed by atoms with Gasteiger partial charge in [-0.3, -0.25) is 9.48 Å². The number of alkyl halides is 3. The van der Waals surface area contributed by atoms with E-state index in [1.807, 2.05) is 0 Å². The molecule has 10 heteroatoms. The highest BCUT2D eigenvalue weighted by molar-refractivity contribution is 7.59. The fourth-order valence-electron chi connectivity index (χ4n) is 2.87. The Bertz CT molecular complexity index is 849. The Morgan fingerprint density at radius 1 is 1.30 bits per heavy atom. The summed E-state index contributed by atoms with van der Waals surface area (Å²) in [6, 6.07) is 4.07. The maximum atomic E-state index is 12.9. The van der Waals surface area contributed by atoms with Gasteiger partial charge in [-0.15, -0.1) is 0 Å². The standard InChI is InChI=1S/C17H16F3N3O3.H2S/c1-3-26-16(25)13-8-21-23-10(2)9-22(15(24)14(13)23)12-6-4-11(5-7-12)17(18,19)20;/h4-8,10H,3,9H2,1-2H3;1H2/t10-;/m0./s1. The van der Waals surface area contributed by atoms with E-state index >= 15 is 0 Å². The lowest BCUT2D eigenvalue weighted by molar-refractivity contribution is -0.137. The van der Waals surface area contributed by atoms with Gasteiger partial charge < -0.3 is 9.64 Å². The second-order valence-corrected chi connectivity index (χ2v) is 5.88. The smallest absolute Gasteiger partial charge is 0.416 e. The first kappa shape index (κ1) is 20.8.